The Balaban J connectivity index is 1.21. The number of ether oxygens (including phenoxy) is 1. The van der Waals surface area contributed by atoms with Crippen LogP contribution in [0.2, 0.25) is 0 Å². The van der Waals surface area contributed by atoms with Gasteiger partial charge in [0.05, 0.1) is 0 Å². The minimum atomic E-state index is -3.01. The average molecular weight is 705 g/mol. The van der Waals surface area contributed by atoms with Crippen molar-refractivity contribution in [2.45, 2.75) is 115 Å². The highest BCUT2D eigenvalue weighted by atomic mass is 31.2. The molecule has 0 bridgehead atoms. The summed E-state index contributed by atoms with van der Waals surface area (Å²) in [6.07, 6.45) is 10.2. The summed E-state index contributed by atoms with van der Waals surface area (Å²) in [6.45, 7) is 9.94. The zero-order valence-corrected chi connectivity index (χ0v) is 31.9. The summed E-state index contributed by atoms with van der Waals surface area (Å²) < 4.78 is 20.7. The van der Waals surface area contributed by atoms with Crippen LogP contribution in [0.1, 0.15) is 109 Å². The maximum Gasteiger partial charge on any atom is 0.306 e. The first-order valence-electron chi connectivity index (χ1n) is 18.6. The Morgan fingerprint density at radius 3 is 1.76 bits per heavy atom. The molecular weight excluding hydrogens is 649 g/mol. The van der Waals surface area contributed by atoms with Crippen molar-refractivity contribution in [1.82, 2.24) is 5.06 Å². The van der Waals surface area contributed by atoms with E-state index >= 15 is 0 Å². The molecule has 0 N–H and O–H groups in total. The Bertz CT molecular complexity index is 1690. The normalized spacial score (nSPS) is 17.6. The van der Waals surface area contributed by atoms with Crippen LogP contribution < -0.4 is 15.9 Å². The summed E-state index contributed by atoms with van der Waals surface area (Å²) in [5.74, 6) is 0.515. The number of unbranched alkanes of at least 4 members (excludes halogenated alkanes) is 1. The standard InChI is InChI=1S/C45H55NO4P/c1-6-35(37-28-30-42(31-29-37)51(49,40-23-15-10-16-24-40)41-25-17-11-18-26-41)32-38(36-20-13-9-14-21-36)22-12-7-8-19-27-43(47)50-39-33-44(2,3)46(48)45(4,5)34-39/h7,9-18,20-21,23-26,28-31,35,38-39H,6,8,19,22,27,32-34H2,1-5H3/b12-7+. The molecule has 1 radical (unpaired) electrons. The molecule has 0 saturated carbocycles. The highest BCUT2D eigenvalue weighted by Gasteiger charge is 2.47. The number of carbonyl (C=O) groups is 1. The number of hydrogen-bond donors (Lipinski definition) is 0. The van der Waals surface area contributed by atoms with Crippen LogP contribution in [0.25, 0.3) is 0 Å². The molecule has 1 aliphatic rings. The van der Waals surface area contributed by atoms with E-state index in [0.29, 0.717) is 31.1 Å². The average Bonchev–Trinajstić information content (AvgIpc) is 3.14. The number of benzene rings is 4. The molecule has 0 aliphatic carbocycles. The molecule has 1 aliphatic heterocycles. The van der Waals surface area contributed by atoms with Gasteiger partial charge in [0.2, 0.25) is 0 Å². The molecule has 1 fully saturated rings. The SMILES string of the molecule is CCC(CC(C/C=C/CCCC(=O)OC1CC(C)(C)N([O])C(C)(C)C1)c1ccccc1)c1ccc(P(=O)(c2ccccc2)c2ccccc2)cc1. The Labute approximate surface area is 306 Å². The summed E-state index contributed by atoms with van der Waals surface area (Å²) in [5, 5.41) is 16.4. The van der Waals surface area contributed by atoms with Crippen LogP contribution in [0.15, 0.2) is 127 Å². The van der Waals surface area contributed by atoms with E-state index < -0.39 is 18.2 Å². The Morgan fingerprint density at radius 2 is 1.24 bits per heavy atom. The number of hydrogen-bond acceptors (Lipinski definition) is 4. The van der Waals surface area contributed by atoms with Crippen LogP contribution in [-0.2, 0) is 19.3 Å². The lowest BCUT2D eigenvalue weighted by Crippen LogP contribution is -2.60. The first kappa shape index (κ1) is 38.5. The second kappa shape index (κ2) is 17.2. The zero-order valence-electron chi connectivity index (χ0n) is 31.0. The van der Waals surface area contributed by atoms with E-state index in [1.807, 2.05) is 88.4 Å². The monoisotopic (exact) mass is 704 g/mol. The van der Waals surface area contributed by atoms with Crippen LogP contribution in [0.3, 0.4) is 0 Å². The lowest BCUT2D eigenvalue weighted by molar-refractivity contribution is -0.299. The first-order chi connectivity index (χ1) is 24.4. The van der Waals surface area contributed by atoms with E-state index in [1.54, 1.807) is 0 Å². The number of nitrogens with zero attached hydrogens (tertiary/aromatic N) is 1. The second-order valence-corrected chi connectivity index (χ2v) is 18.1. The van der Waals surface area contributed by atoms with E-state index in [0.717, 1.165) is 53.1 Å². The van der Waals surface area contributed by atoms with Gasteiger partial charge in [-0.05, 0) is 82.8 Å². The molecule has 5 nitrogen and oxygen atoms in total. The second-order valence-electron chi connectivity index (χ2n) is 15.4. The van der Waals surface area contributed by atoms with Crippen LogP contribution >= 0.6 is 7.14 Å². The molecule has 0 aromatic heterocycles. The van der Waals surface area contributed by atoms with Crippen molar-refractivity contribution < 1.29 is 19.3 Å². The first-order valence-corrected chi connectivity index (χ1v) is 20.3. The van der Waals surface area contributed by atoms with Gasteiger partial charge in [-0.15, -0.1) is 10.3 Å². The third-order valence-corrected chi connectivity index (χ3v) is 13.6. The van der Waals surface area contributed by atoms with Crippen LogP contribution in [0, 0.1) is 0 Å². The lowest BCUT2D eigenvalue weighted by Gasteiger charge is -2.49. The van der Waals surface area contributed by atoms with Crippen molar-refractivity contribution in [3.05, 3.63) is 139 Å². The molecule has 4 aromatic carbocycles. The minimum absolute atomic E-state index is 0.179. The van der Waals surface area contributed by atoms with Gasteiger partial charge in [-0.25, -0.2) is 0 Å². The fourth-order valence-electron chi connectivity index (χ4n) is 7.90. The minimum Gasteiger partial charge on any atom is -0.462 e. The van der Waals surface area contributed by atoms with Gasteiger partial charge in [-0.3, -0.25) is 4.79 Å². The highest BCUT2D eigenvalue weighted by Crippen LogP contribution is 2.43. The summed E-state index contributed by atoms with van der Waals surface area (Å²) in [4.78, 5) is 12.7. The third kappa shape index (κ3) is 9.57. The molecule has 51 heavy (non-hydrogen) atoms. The lowest BCUT2D eigenvalue weighted by atomic mass is 9.80. The molecular formula is C45H55NO4P. The van der Waals surface area contributed by atoms with Gasteiger partial charge in [0, 0.05) is 46.3 Å². The van der Waals surface area contributed by atoms with Crippen molar-refractivity contribution in [1.29, 1.82) is 0 Å². The molecule has 1 saturated heterocycles. The number of allylic oxidation sites excluding steroid dienone is 2. The molecule has 269 valence electrons. The van der Waals surface area contributed by atoms with Gasteiger partial charge in [0.15, 0.2) is 7.14 Å². The van der Waals surface area contributed by atoms with Gasteiger partial charge < -0.3 is 9.30 Å². The van der Waals surface area contributed by atoms with Crippen molar-refractivity contribution in [2.75, 3.05) is 0 Å². The fraction of sp³-hybridized carbons (Fsp3) is 0.400. The van der Waals surface area contributed by atoms with Gasteiger partial charge in [0.25, 0.3) is 0 Å². The third-order valence-electron chi connectivity index (χ3n) is 10.5. The zero-order chi connectivity index (χ0) is 36.5. The molecule has 0 spiro atoms. The molecule has 0 amide bonds. The molecule has 2 atom stereocenters. The van der Waals surface area contributed by atoms with Crippen molar-refractivity contribution >= 4 is 29.0 Å². The van der Waals surface area contributed by atoms with E-state index in [9.17, 15) is 14.6 Å². The number of rotatable bonds is 15. The van der Waals surface area contributed by atoms with Gasteiger partial charge in [-0.2, -0.15) is 0 Å². The summed E-state index contributed by atoms with van der Waals surface area (Å²) in [7, 11) is -3.01. The topological polar surface area (TPSA) is 66.5 Å². The molecule has 4 aromatic rings. The van der Waals surface area contributed by atoms with Gasteiger partial charge >= 0.3 is 5.97 Å². The van der Waals surface area contributed by atoms with E-state index in [4.69, 9.17) is 4.74 Å². The highest BCUT2D eigenvalue weighted by molar-refractivity contribution is 7.85. The largest absolute Gasteiger partial charge is 0.462 e. The van der Waals surface area contributed by atoms with Crippen LogP contribution in [-0.4, -0.2) is 28.2 Å². The number of piperidine rings is 1. The summed E-state index contributed by atoms with van der Waals surface area (Å²) >= 11 is 0. The predicted octanol–water partition coefficient (Wildman–Crippen LogP) is 10.0. The van der Waals surface area contributed by atoms with Crippen LogP contribution in [0.5, 0.6) is 0 Å². The van der Waals surface area contributed by atoms with Crippen molar-refractivity contribution in [2.24, 2.45) is 0 Å². The molecule has 1 heterocycles. The molecule has 6 heteroatoms. The predicted molar refractivity (Wildman–Crippen MR) is 210 cm³/mol. The Kier molecular flexibility index (Phi) is 13.0. The van der Waals surface area contributed by atoms with Crippen molar-refractivity contribution in [3.8, 4) is 0 Å². The quantitative estimate of drug-likeness (QED) is 0.0535. The summed E-state index contributed by atoms with van der Waals surface area (Å²) in [5.41, 5.74) is 1.48. The fourth-order valence-corrected chi connectivity index (χ4v) is 10.5. The van der Waals surface area contributed by atoms with E-state index in [1.165, 1.54) is 11.1 Å². The molecule has 2 unspecified atom stereocenters. The van der Waals surface area contributed by atoms with Crippen molar-refractivity contribution in [3.63, 3.8) is 0 Å². The Hall–Kier alpha value is -3.76. The molecule has 5 rings (SSSR count). The Morgan fingerprint density at radius 1 is 0.745 bits per heavy atom. The van der Waals surface area contributed by atoms with Crippen LogP contribution in [0.4, 0.5) is 0 Å². The van der Waals surface area contributed by atoms with E-state index in [2.05, 4.69) is 73.7 Å². The number of esters is 1. The number of hydroxylamine groups is 2. The van der Waals surface area contributed by atoms with E-state index in [-0.39, 0.29) is 12.1 Å². The maximum absolute atomic E-state index is 14.9. The van der Waals surface area contributed by atoms with Gasteiger partial charge in [-0.1, -0.05) is 134 Å². The number of carbonyl (C=O) groups excluding carboxylic acids is 1. The summed E-state index contributed by atoms with van der Waals surface area (Å²) in [6, 6.07) is 38.9. The smallest absolute Gasteiger partial charge is 0.306 e. The van der Waals surface area contributed by atoms with Gasteiger partial charge in [0.1, 0.15) is 6.10 Å². The maximum atomic E-state index is 14.9.